The molecule has 43 heavy (non-hydrogen) atoms. The zero-order valence-corrected chi connectivity index (χ0v) is 29.2. The average Bonchev–Trinajstić information content (AvgIpc) is 3.82. The Labute approximate surface area is 299 Å². The van der Waals surface area contributed by atoms with Gasteiger partial charge < -0.3 is 43.4 Å². The molecule has 2 aliphatic rings. The summed E-state index contributed by atoms with van der Waals surface area (Å²) in [5.41, 5.74) is 4.30. The van der Waals surface area contributed by atoms with Gasteiger partial charge in [0.2, 0.25) is 0 Å². The third kappa shape index (κ3) is 9.23. The van der Waals surface area contributed by atoms with Crippen molar-refractivity contribution in [2.45, 2.75) is 70.8 Å². The third-order valence-corrected chi connectivity index (χ3v) is 7.98. The first-order valence-electron chi connectivity index (χ1n) is 12.8. The number of carbonyl (C=O) groups is 1. The van der Waals surface area contributed by atoms with Crippen LogP contribution in [0.3, 0.4) is 0 Å². The van der Waals surface area contributed by atoms with Gasteiger partial charge in [0.05, 0.1) is 26.2 Å². The number of aliphatic hydroxyl groups excluding tert-OH is 1. The third-order valence-electron chi connectivity index (χ3n) is 6.72. The molecule has 1 unspecified atom stereocenters. The number of hydrogen-bond donors (Lipinski definition) is 1. The molecule has 2 heterocycles. The zero-order chi connectivity index (χ0) is 27.7. The van der Waals surface area contributed by atoms with Gasteiger partial charge in [0.15, 0.2) is 0 Å². The van der Waals surface area contributed by atoms with Gasteiger partial charge in [-0.25, -0.2) is 0 Å². The molecule has 0 radical (unpaired) electrons. The van der Waals surface area contributed by atoms with Crippen molar-refractivity contribution in [1.29, 1.82) is 0 Å². The van der Waals surface area contributed by atoms with Gasteiger partial charge >= 0.3 is 23.1 Å². The number of hydrogen-bond acceptors (Lipinski definition) is 6. The summed E-state index contributed by atoms with van der Waals surface area (Å²) in [5.74, 6) is 2.48. The van der Waals surface area contributed by atoms with E-state index in [1.807, 2.05) is 0 Å². The molecule has 2 fully saturated rings. The Morgan fingerprint density at radius 2 is 1.21 bits per heavy atom. The van der Waals surface area contributed by atoms with Gasteiger partial charge in [0.25, 0.3) is 0 Å². The van der Waals surface area contributed by atoms with Crippen LogP contribution in [0.4, 0.5) is 0 Å². The Kier molecular flexibility index (Phi) is 16.3. The number of carbonyl (C=O) groups excluding carboxylic acids is 1. The average molecular weight is 744 g/mol. The van der Waals surface area contributed by atoms with Gasteiger partial charge in [0, 0.05) is 46.9 Å². The maximum atomic E-state index is 10.9. The first-order chi connectivity index (χ1) is 18.8. The maximum absolute atomic E-state index is 10.9. The second-order valence-corrected chi connectivity index (χ2v) is 11.5. The molecule has 228 valence electrons. The SMILES string of the molecule is C.CC(O)Cc1c(-c2c(Cl)cccc2Cl)noc1C1CC1.O=CCc1c(-c2c(Cl)cccc2Cl)noc1C1CC1.[Br-].[CH3-].[Mg+2]. The summed E-state index contributed by atoms with van der Waals surface area (Å²) in [6.45, 7) is 1.75. The van der Waals surface area contributed by atoms with Gasteiger partial charge in [0.1, 0.15) is 29.2 Å². The molecule has 1 atom stereocenters. The monoisotopic (exact) mass is 740 g/mol. The molecule has 2 aromatic carbocycles. The fraction of sp³-hybridized carbons (Fsp3) is 0.355. The van der Waals surface area contributed by atoms with E-state index in [1.165, 1.54) is 0 Å². The number of aldehydes is 1. The van der Waals surface area contributed by atoms with Crippen LogP contribution in [0.1, 0.15) is 74.5 Å². The second-order valence-electron chi connectivity index (χ2n) is 9.91. The molecule has 0 spiro atoms. The molecule has 0 amide bonds. The van der Waals surface area contributed by atoms with E-state index in [-0.39, 0.29) is 61.3 Å². The van der Waals surface area contributed by atoms with Gasteiger partial charge in [-0.15, -0.1) is 0 Å². The summed E-state index contributed by atoms with van der Waals surface area (Å²) in [6, 6.07) is 10.6. The van der Waals surface area contributed by atoms with Gasteiger partial charge in [-0.3, -0.25) is 0 Å². The van der Waals surface area contributed by atoms with Crippen LogP contribution in [0.5, 0.6) is 0 Å². The zero-order valence-electron chi connectivity index (χ0n) is 23.2. The maximum Gasteiger partial charge on any atom is 2.00 e. The topological polar surface area (TPSA) is 89.4 Å². The van der Waals surface area contributed by atoms with Crippen molar-refractivity contribution in [1.82, 2.24) is 10.3 Å². The molecule has 4 aromatic rings. The quantitative estimate of drug-likeness (QED) is 0.127. The predicted molar refractivity (Wildman–Crippen MR) is 172 cm³/mol. The Bertz CT molecular complexity index is 1460. The van der Waals surface area contributed by atoms with Crippen molar-refractivity contribution in [2.24, 2.45) is 0 Å². The molecule has 0 aliphatic heterocycles. The second kappa shape index (κ2) is 17.6. The van der Waals surface area contributed by atoms with Crippen LogP contribution in [0.2, 0.25) is 20.1 Å². The standard InChI is InChI=1S/C15H15Cl2NO2.C14H11Cl2NO2.CH4.CH3.BrH.Mg/c1-8(19)7-10-14(18-20-15(10)9-5-6-9)13-11(16)3-2-4-12(13)17;15-10-2-1-3-11(16)12(10)13-9(6-7-18)14(19-17-13)8-4-5-8;;;;/h2-4,8-9,19H,5-7H2,1H3;1-3,7-8H,4-6H2;1H4;1H3;1H;/q;;;-1;;+2/p-1. The van der Waals surface area contributed by atoms with Crippen LogP contribution >= 0.6 is 46.4 Å². The summed E-state index contributed by atoms with van der Waals surface area (Å²) in [7, 11) is 0. The molecule has 0 bridgehead atoms. The van der Waals surface area contributed by atoms with Crippen molar-refractivity contribution in [3.8, 4) is 22.5 Å². The predicted octanol–water partition coefficient (Wildman–Crippen LogP) is 6.43. The van der Waals surface area contributed by atoms with E-state index in [9.17, 15) is 9.90 Å². The Balaban J connectivity index is 0.000000394. The molecule has 1 N–H and O–H groups in total. The molecular formula is C31H33BrCl4MgN2O4. The molecule has 2 saturated carbocycles. The van der Waals surface area contributed by atoms with Gasteiger partial charge in [-0.2, -0.15) is 0 Å². The largest absolute Gasteiger partial charge is 2.00 e. The van der Waals surface area contributed by atoms with Crippen LogP contribution in [0, 0.1) is 7.43 Å². The summed E-state index contributed by atoms with van der Waals surface area (Å²) >= 11 is 24.9. The van der Waals surface area contributed by atoms with Crippen molar-refractivity contribution < 1.29 is 35.9 Å². The number of nitrogens with zero attached hydrogens (tertiary/aromatic N) is 2. The molecular weight excluding hydrogens is 710 g/mol. The summed E-state index contributed by atoms with van der Waals surface area (Å²) in [4.78, 5) is 10.9. The first-order valence-corrected chi connectivity index (χ1v) is 14.3. The number of aliphatic hydroxyl groups is 1. The molecule has 12 heteroatoms. The number of halogens is 5. The van der Waals surface area contributed by atoms with Crippen molar-refractivity contribution in [3.05, 3.63) is 86.6 Å². The number of rotatable bonds is 8. The fourth-order valence-corrected chi connectivity index (χ4v) is 5.74. The van der Waals surface area contributed by atoms with E-state index in [4.69, 9.17) is 55.4 Å². The Morgan fingerprint density at radius 3 is 1.56 bits per heavy atom. The minimum absolute atomic E-state index is 0. The van der Waals surface area contributed by atoms with Crippen LogP contribution in [-0.4, -0.2) is 50.9 Å². The minimum atomic E-state index is -0.466. The Morgan fingerprint density at radius 1 is 0.837 bits per heavy atom. The molecule has 2 aliphatic carbocycles. The summed E-state index contributed by atoms with van der Waals surface area (Å²) < 4.78 is 10.9. The molecule has 2 aromatic heterocycles. The van der Waals surface area contributed by atoms with Crippen molar-refractivity contribution >= 4 is 75.7 Å². The Hall–Kier alpha value is -1.10. The van der Waals surface area contributed by atoms with Crippen molar-refractivity contribution in [2.75, 3.05) is 0 Å². The van der Waals surface area contributed by atoms with E-state index in [0.29, 0.717) is 60.9 Å². The molecule has 0 saturated heterocycles. The van der Waals surface area contributed by atoms with Crippen molar-refractivity contribution in [3.63, 3.8) is 0 Å². The fourth-order valence-electron chi connectivity index (χ4n) is 4.59. The van der Waals surface area contributed by atoms with Gasteiger partial charge in [-0.05, 0) is 56.9 Å². The smallest absolute Gasteiger partial charge is 1.00 e. The van der Waals surface area contributed by atoms with E-state index in [0.717, 1.165) is 54.6 Å². The van der Waals surface area contributed by atoms with Crippen LogP contribution < -0.4 is 17.0 Å². The van der Waals surface area contributed by atoms with E-state index < -0.39 is 6.10 Å². The van der Waals surface area contributed by atoms with E-state index in [1.54, 1.807) is 43.3 Å². The normalized spacial score (nSPS) is 14.1. The molecule has 6 rings (SSSR count). The van der Waals surface area contributed by atoms with Crippen LogP contribution in [-0.2, 0) is 17.6 Å². The molecule has 6 nitrogen and oxygen atoms in total. The summed E-state index contributed by atoms with van der Waals surface area (Å²) in [5, 5.41) is 20.1. The van der Waals surface area contributed by atoms with E-state index in [2.05, 4.69) is 10.3 Å². The van der Waals surface area contributed by atoms with Crippen LogP contribution in [0.15, 0.2) is 45.4 Å². The number of aromatic nitrogens is 2. The van der Waals surface area contributed by atoms with E-state index >= 15 is 0 Å². The minimum Gasteiger partial charge on any atom is -1.00 e. The van der Waals surface area contributed by atoms with Gasteiger partial charge in [-0.1, -0.05) is 76.3 Å². The first kappa shape index (κ1) is 39.9. The van der Waals surface area contributed by atoms with Crippen LogP contribution in [0.25, 0.3) is 22.5 Å². The summed E-state index contributed by atoms with van der Waals surface area (Å²) in [6.07, 6.45) is 5.53. The number of benzene rings is 2.